The maximum Gasteiger partial charge on any atom is 0.453 e. The van der Waals surface area contributed by atoms with Crippen LogP contribution >= 0.6 is 0 Å². The van der Waals surface area contributed by atoms with Crippen LogP contribution in [0.15, 0.2) is 22.7 Å². The van der Waals surface area contributed by atoms with Crippen molar-refractivity contribution in [3.8, 4) is 17.0 Å². The van der Waals surface area contributed by atoms with Crippen LogP contribution in [0, 0.1) is 5.82 Å². The highest BCUT2D eigenvalue weighted by Crippen LogP contribution is 2.38. The Morgan fingerprint density at radius 3 is 2.46 bits per heavy atom. The number of methoxy groups -OCH3 is 1. The largest absolute Gasteiger partial charge is 0.491 e. The summed E-state index contributed by atoms with van der Waals surface area (Å²) in [7, 11) is 0.898. The first-order valence-corrected chi connectivity index (χ1v) is 6.77. The summed E-state index contributed by atoms with van der Waals surface area (Å²) in [5.74, 6) is -3.71. The van der Waals surface area contributed by atoms with E-state index < -0.39 is 35.0 Å². The van der Waals surface area contributed by atoms with E-state index in [0.29, 0.717) is 0 Å². The zero-order valence-corrected chi connectivity index (χ0v) is 12.9. The number of alkyl halides is 3. The normalized spacial score (nSPS) is 11.7. The van der Waals surface area contributed by atoms with Gasteiger partial charge in [0, 0.05) is 11.6 Å². The number of esters is 1. The van der Waals surface area contributed by atoms with Gasteiger partial charge in [-0.15, -0.1) is 0 Å². The Hall–Kier alpha value is -2.58. The molecule has 0 aliphatic heterocycles. The molecule has 0 atom stereocenters. The smallest absolute Gasteiger partial charge is 0.453 e. The molecule has 130 valence electrons. The van der Waals surface area contributed by atoms with Gasteiger partial charge in [0.25, 0.3) is 5.76 Å². The first-order valence-electron chi connectivity index (χ1n) is 6.77. The Bertz CT molecular complexity index is 752. The number of benzene rings is 1. The van der Waals surface area contributed by atoms with Gasteiger partial charge in [-0.25, -0.2) is 9.18 Å². The first-order chi connectivity index (χ1) is 11.1. The molecule has 0 amide bonds. The molecule has 0 saturated heterocycles. The molecular formula is C15H13F4NO4. The predicted octanol–water partition coefficient (Wildman–Crippen LogP) is 4.07. The van der Waals surface area contributed by atoms with Crippen LogP contribution in [0.4, 0.5) is 17.6 Å². The maximum atomic E-state index is 14.2. The van der Waals surface area contributed by atoms with E-state index in [0.717, 1.165) is 19.2 Å². The number of hydrogen-bond acceptors (Lipinski definition) is 5. The standard InChI is InChI=1S/C15H13F4NO4/c1-7(2)23-8-4-5-9(10(16)6-8)12-11(14(21)22-3)13(24-20-12)15(17,18)19/h4-7H,1-3H3. The van der Waals surface area contributed by atoms with Gasteiger partial charge in [0.2, 0.25) is 0 Å². The Morgan fingerprint density at radius 1 is 1.29 bits per heavy atom. The summed E-state index contributed by atoms with van der Waals surface area (Å²) in [6, 6.07) is 3.48. The summed E-state index contributed by atoms with van der Waals surface area (Å²) in [5, 5.41) is 3.20. The highest BCUT2D eigenvalue weighted by molar-refractivity contribution is 5.97. The summed E-state index contributed by atoms with van der Waals surface area (Å²) in [6.07, 6.45) is -5.20. The van der Waals surface area contributed by atoms with Gasteiger partial charge in [-0.05, 0) is 26.0 Å². The minimum Gasteiger partial charge on any atom is -0.491 e. The summed E-state index contributed by atoms with van der Waals surface area (Å²) in [4.78, 5) is 11.7. The predicted molar refractivity (Wildman–Crippen MR) is 74.0 cm³/mol. The third kappa shape index (κ3) is 3.50. The molecule has 1 aromatic heterocycles. The van der Waals surface area contributed by atoms with Crippen molar-refractivity contribution in [3.63, 3.8) is 0 Å². The molecule has 0 unspecified atom stereocenters. The van der Waals surface area contributed by atoms with Gasteiger partial charge in [0.1, 0.15) is 22.8 Å². The Kier molecular flexibility index (Phi) is 4.81. The van der Waals surface area contributed by atoms with E-state index in [-0.39, 0.29) is 17.4 Å². The minimum absolute atomic E-state index is 0.186. The highest BCUT2D eigenvalue weighted by atomic mass is 19.4. The lowest BCUT2D eigenvalue weighted by Crippen LogP contribution is -2.12. The second kappa shape index (κ2) is 6.50. The zero-order chi connectivity index (χ0) is 18.1. The molecule has 0 aliphatic rings. The van der Waals surface area contributed by atoms with Crippen LogP contribution in [0.3, 0.4) is 0 Å². The van der Waals surface area contributed by atoms with Gasteiger partial charge in [-0.2, -0.15) is 13.2 Å². The van der Waals surface area contributed by atoms with Crippen LogP contribution in [-0.2, 0) is 10.9 Å². The van der Waals surface area contributed by atoms with Crippen LogP contribution in [0.5, 0.6) is 5.75 Å². The third-order valence-corrected chi connectivity index (χ3v) is 2.91. The molecule has 2 aromatic rings. The summed E-state index contributed by atoms with van der Waals surface area (Å²) < 4.78 is 66.9. The molecule has 2 rings (SSSR count). The number of hydrogen-bond donors (Lipinski definition) is 0. The van der Waals surface area contributed by atoms with E-state index in [1.807, 2.05) is 0 Å². The molecule has 1 heterocycles. The van der Waals surface area contributed by atoms with Gasteiger partial charge >= 0.3 is 12.1 Å². The van der Waals surface area contributed by atoms with Gasteiger partial charge in [-0.1, -0.05) is 5.16 Å². The Balaban J connectivity index is 2.57. The average molecular weight is 347 g/mol. The highest BCUT2D eigenvalue weighted by Gasteiger charge is 2.43. The van der Waals surface area contributed by atoms with Gasteiger partial charge in [0.05, 0.1) is 13.2 Å². The fraction of sp³-hybridized carbons (Fsp3) is 0.333. The molecule has 0 N–H and O–H groups in total. The van der Waals surface area contributed by atoms with Crippen LogP contribution in [0.25, 0.3) is 11.3 Å². The number of aromatic nitrogens is 1. The zero-order valence-electron chi connectivity index (χ0n) is 12.9. The van der Waals surface area contributed by atoms with E-state index in [2.05, 4.69) is 14.4 Å². The molecule has 5 nitrogen and oxygen atoms in total. The number of carbonyl (C=O) groups excluding carboxylic acids is 1. The van der Waals surface area contributed by atoms with Crippen molar-refractivity contribution in [1.82, 2.24) is 5.16 Å². The Labute approximate surface area is 134 Å². The molecular weight excluding hydrogens is 334 g/mol. The molecule has 0 spiro atoms. The molecule has 0 radical (unpaired) electrons. The van der Waals surface area contributed by atoms with Gasteiger partial charge in [-0.3, -0.25) is 0 Å². The van der Waals surface area contributed by atoms with E-state index in [1.54, 1.807) is 13.8 Å². The van der Waals surface area contributed by atoms with Gasteiger partial charge < -0.3 is 14.0 Å². The van der Waals surface area contributed by atoms with Crippen LogP contribution in [0.1, 0.15) is 30.0 Å². The van der Waals surface area contributed by atoms with Crippen molar-refractivity contribution >= 4 is 5.97 Å². The minimum atomic E-state index is -4.98. The van der Waals surface area contributed by atoms with E-state index in [1.165, 1.54) is 6.07 Å². The van der Waals surface area contributed by atoms with Crippen molar-refractivity contribution in [2.24, 2.45) is 0 Å². The van der Waals surface area contributed by atoms with Crippen molar-refractivity contribution in [3.05, 3.63) is 35.3 Å². The molecule has 0 saturated carbocycles. The van der Waals surface area contributed by atoms with Crippen molar-refractivity contribution in [1.29, 1.82) is 0 Å². The summed E-state index contributed by atoms with van der Waals surface area (Å²) in [5.41, 5.74) is -1.92. The van der Waals surface area contributed by atoms with Crippen molar-refractivity contribution in [2.75, 3.05) is 7.11 Å². The maximum absolute atomic E-state index is 14.2. The fourth-order valence-corrected chi connectivity index (χ4v) is 1.99. The number of halogens is 4. The quantitative estimate of drug-likeness (QED) is 0.616. The Morgan fingerprint density at radius 2 is 1.96 bits per heavy atom. The lowest BCUT2D eigenvalue weighted by atomic mass is 10.0. The van der Waals surface area contributed by atoms with Crippen LogP contribution in [0.2, 0.25) is 0 Å². The topological polar surface area (TPSA) is 61.6 Å². The molecule has 0 bridgehead atoms. The summed E-state index contributed by atoms with van der Waals surface area (Å²) >= 11 is 0. The van der Waals surface area contributed by atoms with E-state index >= 15 is 0 Å². The number of nitrogens with zero attached hydrogens (tertiary/aromatic N) is 1. The first kappa shape index (κ1) is 17.8. The number of rotatable bonds is 4. The lowest BCUT2D eigenvalue weighted by Gasteiger charge is -2.11. The van der Waals surface area contributed by atoms with Crippen molar-refractivity contribution < 1.29 is 36.4 Å². The fourth-order valence-electron chi connectivity index (χ4n) is 1.99. The van der Waals surface area contributed by atoms with Crippen molar-refractivity contribution in [2.45, 2.75) is 26.1 Å². The number of ether oxygens (including phenoxy) is 2. The second-order valence-electron chi connectivity index (χ2n) is 5.03. The second-order valence-corrected chi connectivity index (χ2v) is 5.03. The molecule has 9 heteroatoms. The van der Waals surface area contributed by atoms with E-state index in [4.69, 9.17) is 4.74 Å². The monoisotopic (exact) mass is 347 g/mol. The number of carbonyl (C=O) groups is 1. The van der Waals surface area contributed by atoms with Gasteiger partial charge in [0.15, 0.2) is 0 Å². The van der Waals surface area contributed by atoms with Crippen LogP contribution in [-0.4, -0.2) is 24.3 Å². The van der Waals surface area contributed by atoms with Crippen LogP contribution < -0.4 is 4.74 Å². The average Bonchev–Trinajstić information content (AvgIpc) is 2.90. The lowest BCUT2D eigenvalue weighted by molar-refractivity contribution is -0.156. The molecule has 1 aromatic carbocycles. The molecule has 24 heavy (non-hydrogen) atoms. The van der Waals surface area contributed by atoms with E-state index in [9.17, 15) is 22.4 Å². The third-order valence-electron chi connectivity index (χ3n) is 2.91. The molecule has 0 fully saturated rings. The molecule has 0 aliphatic carbocycles. The summed E-state index contributed by atoms with van der Waals surface area (Å²) in [6.45, 7) is 3.46. The SMILES string of the molecule is COC(=O)c1c(-c2ccc(OC(C)C)cc2F)noc1C(F)(F)F.